The maximum absolute atomic E-state index is 12.4. The number of hydrogen-bond acceptors (Lipinski definition) is 6. The maximum Gasteiger partial charge on any atom is 0.330 e. The molecule has 0 unspecified atom stereocenters. The van der Waals surface area contributed by atoms with E-state index >= 15 is 0 Å². The number of anilines is 2. The number of aromatic nitrogens is 2. The molecule has 10 nitrogen and oxygen atoms in total. The van der Waals surface area contributed by atoms with Crippen molar-refractivity contribution in [3.8, 4) is 0 Å². The van der Waals surface area contributed by atoms with Gasteiger partial charge < -0.3 is 20.4 Å². The molecule has 0 aromatic carbocycles. The SMILES string of the molecule is CCCCn1c(N)c(N(C)C(=O)CCCNC(=O)c2ccco2)c(=O)[nH]c1=O. The predicted molar refractivity (Wildman–Crippen MR) is 104 cm³/mol. The number of aromatic amines is 1. The molecule has 0 saturated heterocycles. The number of carbonyl (C=O) groups excluding carboxylic acids is 2. The minimum atomic E-state index is -0.711. The molecule has 2 heterocycles. The Bertz CT molecular complexity index is 929. The second-order valence-electron chi connectivity index (χ2n) is 6.29. The van der Waals surface area contributed by atoms with Crippen molar-refractivity contribution >= 4 is 23.3 Å². The smallest absolute Gasteiger partial charge is 0.330 e. The van der Waals surface area contributed by atoms with Gasteiger partial charge in [0.05, 0.1) is 6.26 Å². The lowest BCUT2D eigenvalue weighted by atomic mass is 10.2. The number of amides is 2. The highest BCUT2D eigenvalue weighted by atomic mass is 16.3. The second-order valence-corrected chi connectivity index (χ2v) is 6.29. The van der Waals surface area contributed by atoms with Gasteiger partial charge in [0, 0.05) is 26.6 Å². The average molecular weight is 391 g/mol. The highest BCUT2D eigenvalue weighted by Gasteiger charge is 2.20. The molecule has 0 aliphatic carbocycles. The zero-order valence-electron chi connectivity index (χ0n) is 16.0. The lowest BCUT2D eigenvalue weighted by Gasteiger charge is -2.20. The fourth-order valence-corrected chi connectivity index (χ4v) is 2.67. The minimum absolute atomic E-state index is 0.0378. The van der Waals surface area contributed by atoms with Crippen molar-refractivity contribution in [3.05, 3.63) is 45.0 Å². The van der Waals surface area contributed by atoms with E-state index in [0.29, 0.717) is 19.4 Å². The largest absolute Gasteiger partial charge is 0.459 e. The van der Waals surface area contributed by atoms with Crippen molar-refractivity contribution in [1.82, 2.24) is 14.9 Å². The molecule has 28 heavy (non-hydrogen) atoms. The van der Waals surface area contributed by atoms with Gasteiger partial charge in [0.2, 0.25) is 5.91 Å². The van der Waals surface area contributed by atoms with Crippen LogP contribution in [0.15, 0.2) is 32.4 Å². The van der Waals surface area contributed by atoms with Crippen LogP contribution < -0.4 is 27.2 Å². The fraction of sp³-hybridized carbons (Fsp3) is 0.444. The first-order valence-corrected chi connectivity index (χ1v) is 9.07. The predicted octanol–water partition coefficient (Wildman–Crippen LogP) is 0.685. The highest BCUT2D eigenvalue weighted by Crippen LogP contribution is 2.16. The molecule has 4 N–H and O–H groups in total. The number of nitrogen functional groups attached to an aromatic ring is 1. The van der Waals surface area contributed by atoms with Gasteiger partial charge in [-0.25, -0.2) is 4.79 Å². The average Bonchev–Trinajstić information content (AvgIpc) is 3.19. The van der Waals surface area contributed by atoms with Gasteiger partial charge in [-0.1, -0.05) is 13.3 Å². The third kappa shape index (κ3) is 4.90. The third-order valence-electron chi connectivity index (χ3n) is 4.26. The van der Waals surface area contributed by atoms with E-state index in [4.69, 9.17) is 10.2 Å². The van der Waals surface area contributed by atoms with Crippen LogP contribution in [0.3, 0.4) is 0 Å². The molecule has 2 aromatic heterocycles. The van der Waals surface area contributed by atoms with Crippen LogP contribution in [0.1, 0.15) is 43.2 Å². The molecule has 2 aromatic rings. The highest BCUT2D eigenvalue weighted by molar-refractivity contribution is 5.95. The summed E-state index contributed by atoms with van der Waals surface area (Å²) in [5.41, 5.74) is 4.63. The van der Waals surface area contributed by atoms with Gasteiger partial charge in [-0.15, -0.1) is 0 Å². The molecule has 10 heteroatoms. The van der Waals surface area contributed by atoms with Crippen LogP contribution in [0.4, 0.5) is 11.5 Å². The first-order valence-electron chi connectivity index (χ1n) is 9.07. The first-order chi connectivity index (χ1) is 13.4. The molecule has 2 rings (SSSR count). The Kier molecular flexibility index (Phi) is 7.19. The number of furan rings is 1. The molecular formula is C18H25N5O5. The molecule has 0 fully saturated rings. The van der Waals surface area contributed by atoms with E-state index < -0.39 is 11.2 Å². The number of H-pyrrole nitrogens is 1. The number of carbonyl (C=O) groups is 2. The van der Waals surface area contributed by atoms with E-state index in [9.17, 15) is 19.2 Å². The topological polar surface area (TPSA) is 143 Å². The normalized spacial score (nSPS) is 10.6. The maximum atomic E-state index is 12.4. The number of nitrogens with one attached hydrogen (secondary N) is 2. The summed E-state index contributed by atoms with van der Waals surface area (Å²) in [6, 6.07) is 3.14. The number of nitrogens with zero attached hydrogens (tertiary/aromatic N) is 2. The van der Waals surface area contributed by atoms with Crippen LogP contribution in [-0.2, 0) is 11.3 Å². The standard InChI is InChI=1S/C18H25N5O5/c1-3-4-10-23-15(19)14(17(26)21-18(23)27)22(2)13(24)8-5-9-20-16(25)12-7-6-11-28-12/h6-7,11H,3-5,8-10,19H2,1-2H3,(H,20,25)(H,21,26,27). The Labute approximate surface area is 161 Å². The van der Waals surface area contributed by atoms with E-state index in [-0.39, 0.29) is 42.0 Å². The summed E-state index contributed by atoms with van der Waals surface area (Å²) in [4.78, 5) is 51.7. The Morgan fingerprint density at radius 3 is 2.71 bits per heavy atom. The van der Waals surface area contributed by atoms with Crippen molar-refractivity contribution in [2.45, 2.75) is 39.2 Å². The van der Waals surface area contributed by atoms with Crippen molar-refractivity contribution in [2.75, 3.05) is 24.2 Å². The van der Waals surface area contributed by atoms with Crippen molar-refractivity contribution < 1.29 is 14.0 Å². The summed E-state index contributed by atoms with van der Waals surface area (Å²) in [6.07, 6.45) is 3.40. The van der Waals surface area contributed by atoms with Crippen LogP contribution >= 0.6 is 0 Å². The van der Waals surface area contributed by atoms with Crippen molar-refractivity contribution in [2.24, 2.45) is 0 Å². The summed E-state index contributed by atoms with van der Waals surface area (Å²) >= 11 is 0. The quantitative estimate of drug-likeness (QED) is 0.537. The zero-order valence-corrected chi connectivity index (χ0v) is 16.0. The Balaban J connectivity index is 1.99. The van der Waals surface area contributed by atoms with E-state index in [1.165, 1.54) is 23.9 Å². The molecule has 0 aliphatic heterocycles. The van der Waals surface area contributed by atoms with Gasteiger partial charge >= 0.3 is 5.69 Å². The number of rotatable bonds is 9. The summed E-state index contributed by atoms with van der Waals surface area (Å²) in [7, 11) is 1.43. The minimum Gasteiger partial charge on any atom is -0.459 e. The first kappa shape index (κ1) is 21.0. The van der Waals surface area contributed by atoms with Gasteiger partial charge in [-0.05, 0) is 25.0 Å². The number of unbranched alkanes of at least 4 members (excludes halogenated alkanes) is 1. The summed E-state index contributed by atoms with van der Waals surface area (Å²) in [5.74, 6) is -0.569. The summed E-state index contributed by atoms with van der Waals surface area (Å²) in [6.45, 7) is 2.58. The van der Waals surface area contributed by atoms with Gasteiger partial charge in [-0.2, -0.15) is 0 Å². The summed E-state index contributed by atoms with van der Waals surface area (Å²) < 4.78 is 6.23. The van der Waals surface area contributed by atoms with Crippen LogP contribution in [0.25, 0.3) is 0 Å². The molecule has 2 amide bonds. The van der Waals surface area contributed by atoms with Gasteiger partial charge in [0.15, 0.2) is 11.4 Å². The lowest BCUT2D eigenvalue weighted by Crippen LogP contribution is -2.39. The van der Waals surface area contributed by atoms with E-state index in [0.717, 1.165) is 11.3 Å². The van der Waals surface area contributed by atoms with E-state index in [1.54, 1.807) is 6.07 Å². The lowest BCUT2D eigenvalue weighted by molar-refractivity contribution is -0.118. The molecule has 0 saturated carbocycles. The van der Waals surface area contributed by atoms with E-state index in [1.807, 2.05) is 6.92 Å². The molecule has 152 valence electrons. The van der Waals surface area contributed by atoms with Crippen LogP contribution in [0, 0.1) is 0 Å². The molecule has 0 radical (unpaired) electrons. The Morgan fingerprint density at radius 2 is 2.07 bits per heavy atom. The van der Waals surface area contributed by atoms with Crippen molar-refractivity contribution in [1.29, 1.82) is 0 Å². The monoisotopic (exact) mass is 391 g/mol. The van der Waals surface area contributed by atoms with Crippen molar-refractivity contribution in [3.63, 3.8) is 0 Å². The second kappa shape index (κ2) is 9.58. The van der Waals surface area contributed by atoms with Gasteiger partial charge in [0.25, 0.3) is 11.5 Å². The molecule has 0 bridgehead atoms. The van der Waals surface area contributed by atoms with Crippen LogP contribution in [0.2, 0.25) is 0 Å². The van der Waals surface area contributed by atoms with Gasteiger partial charge in [-0.3, -0.25) is 23.9 Å². The number of hydrogen-bond donors (Lipinski definition) is 3. The van der Waals surface area contributed by atoms with Gasteiger partial charge in [0.1, 0.15) is 5.82 Å². The molecular weight excluding hydrogens is 366 g/mol. The Hall–Kier alpha value is -3.30. The Morgan fingerprint density at radius 1 is 1.32 bits per heavy atom. The third-order valence-corrected chi connectivity index (χ3v) is 4.26. The zero-order chi connectivity index (χ0) is 20.7. The molecule has 0 spiro atoms. The van der Waals surface area contributed by atoms with E-state index in [2.05, 4.69) is 10.3 Å². The van der Waals surface area contributed by atoms with Crippen LogP contribution in [0.5, 0.6) is 0 Å². The number of nitrogens with two attached hydrogens (primary N) is 1. The molecule has 0 atom stereocenters. The van der Waals surface area contributed by atoms with Crippen LogP contribution in [-0.4, -0.2) is 35.0 Å². The fourth-order valence-electron chi connectivity index (χ4n) is 2.67. The molecule has 0 aliphatic rings. The summed E-state index contributed by atoms with van der Waals surface area (Å²) in [5, 5.41) is 2.64.